The van der Waals surface area contributed by atoms with Gasteiger partial charge in [-0.3, -0.25) is 0 Å². The molecule has 0 saturated heterocycles. The van der Waals surface area contributed by atoms with E-state index in [2.05, 4.69) is 17.2 Å². The van der Waals surface area contributed by atoms with E-state index in [-0.39, 0.29) is 6.10 Å². The molecule has 174 valence electrons. The summed E-state index contributed by atoms with van der Waals surface area (Å²) >= 11 is 0. The van der Waals surface area contributed by atoms with Crippen molar-refractivity contribution in [1.82, 2.24) is 9.97 Å². The second-order valence-corrected chi connectivity index (χ2v) is 8.99. The molecule has 0 bridgehead atoms. The highest BCUT2D eigenvalue weighted by atomic mass is 16.5. The third kappa shape index (κ3) is 6.15. The Kier molecular flexibility index (Phi) is 7.33. The molecule has 1 fully saturated rings. The molecular formula is C27H33N3O3. The molecule has 1 aliphatic carbocycles. The van der Waals surface area contributed by atoms with Crippen molar-refractivity contribution in [2.75, 3.05) is 12.4 Å². The van der Waals surface area contributed by atoms with Crippen LogP contribution in [0, 0.1) is 5.92 Å². The SMILES string of the molecule is COc1cccc(Oc2nc(N[C@H]3CC[C@H](C)CC3)ncc2-c2ccc(OC(C)C)cc2)c1. The number of hydrogen-bond donors (Lipinski definition) is 1. The largest absolute Gasteiger partial charge is 0.497 e. The molecule has 6 heteroatoms. The zero-order valence-corrected chi connectivity index (χ0v) is 19.9. The molecule has 0 radical (unpaired) electrons. The van der Waals surface area contributed by atoms with E-state index in [4.69, 9.17) is 19.2 Å². The van der Waals surface area contributed by atoms with E-state index in [9.17, 15) is 0 Å². The Hall–Kier alpha value is -3.28. The van der Waals surface area contributed by atoms with Crippen molar-refractivity contribution in [3.63, 3.8) is 0 Å². The Labute approximate surface area is 196 Å². The normalized spacial score (nSPS) is 18.1. The van der Waals surface area contributed by atoms with Gasteiger partial charge < -0.3 is 19.5 Å². The summed E-state index contributed by atoms with van der Waals surface area (Å²) in [5.74, 6) is 4.11. The molecule has 0 aliphatic heterocycles. The van der Waals surface area contributed by atoms with Gasteiger partial charge in [0.2, 0.25) is 11.8 Å². The van der Waals surface area contributed by atoms with Crippen LogP contribution in [0.15, 0.2) is 54.7 Å². The number of benzene rings is 2. The minimum Gasteiger partial charge on any atom is -0.497 e. The van der Waals surface area contributed by atoms with Gasteiger partial charge in [0.1, 0.15) is 17.2 Å². The molecule has 1 N–H and O–H groups in total. The predicted molar refractivity (Wildman–Crippen MR) is 131 cm³/mol. The zero-order chi connectivity index (χ0) is 23.2. The topological polar surface area (TPSA) is 65.5 Å². The van der Waals surface area contributed by atoms with E-state index in [1.54, 1.807) is 7.11 Å². The van der Waals surface area contributed by atoms with Crippen molar-refractivity contribution in [1.29, 1.82) is 0 Å². The van der Waals surface area contributed by atoms with Crippen LogP contribution in [0.1, 0.15) is 46.5 Å². The fourth-order valence-electron chi connectivity index (χ4n) is 4.06. The van der Waals surface area contributed by atoms with E-state index >= 15 is 0 Å². The molecule has 0 atom stereocenters. The maximum absolute atomic E-state index is 6.25. The van der Waals surface area contributed by atoms with E-state index in [1.165, 1.54) is 12.8 Å². The van der Waals surface area contributed by atoms with Gasteiger partial charge in [0.25, 0.3) is 0 Å². The average molecular weight is 448 g/mol. The molecule has 3 aromatic rings. The van der Waals surface area contributed by atoms with Crippen LogP contribution in [0.3, 0.4) is 0 Å². The van der Waals surface area contributed by atoms with Crippen LogP contribution in [-0.2, 0) is 0 Å². The first kappa shape index (κ1) is 22.9. The van der Waals surface area contributed by atoms with Gasteiger partial charge in [0.05, 0.1) is 18.8 Å². The van der Waals surface area contributed by atoms with Crippen LogP contribution < -0.4 is 19.5 Å². The molecule has 0 unspecified atom stereocenters. The lowest BCUT2D eigenvalue weighted by molar-refractivity contribution is 0.242. The van der Waals surface area contributed by atoms with Crippen molar-refractivity contribution in [2.24, 2.45) is 5.92 Å². The van der Waals surface area contributed by atoms with Crippen LogP contribution in [0.25, 0.3) is 11.1 Å². The van der Waals surface area contributed by atoms with Crippen molar-refractivity contribution in [2.45, 2.75) is 58.6 Å². The number of anilines is 1. The number of nitrogens with one attached hydrogen (secondary N) is 1. The van der Waals surface area contributed by atoms with Gasteiger partial charge >= 0.3 is 0 Å². The van der Waals surface area contributed by atoms with Gasteiger partial charge in [-0.25, -0.2) is 4.98 Å². The molecular weight excluding hydrogens is 414 g/mol. The quantitative estimate of drug-likeness (QED) is 0.413. The number of ether oxygens (including phenoxy) is 3. The number of nitrogens with zero attached hydrogens (tertiary/aromatic N) is 2. The zero-order valence-electron chi connectivity index (χ0n) is 19.9. The number of rotatable bonds is 8. The van der Waals surface area contributed by atoms with Crippen LogP contribution >= 0.6 is 0 Å². The summed E-state index contributed by atoms with van der Waals surface area (Å²) in [6.45, 7) is 6.35. The van der Waals surface area contributed by atoms with E-state index in [0.29, 0.717) is 23.6 Å². The highest BCUT2D eigenvalue weighted by Crippen LogP contribution is 2.34. The maximum atomic E-state index is 6.25. The van der Waals surface area contributed by atoms with Gasteiger partial charge in [-0.2, -0.15) is 4.98 Å². The molecule has 0 spiro atoms. The van der Waals surface area contributed by atoms with Crippen molar-refractivity contribution in [3.8, 4) is 34.3 Å². The first-order chi connectivity index (χ1) is 16.0. The van der Waals surface area contributed by atoms with Crippen LogP contribution in [0.2, 0.25) is 0 Å². The Morgan fingerprint density at radius 1 is 0.939 bits per heavy atom. The molecule has 1 saturated carbocycles. The fourth-order valence-corrected chi connectivity index (χ4v) is 4.06. The standard InChI is InChI=1S/C27H33N3O3/c1-18(2)32-22-14-10-20(11-15-22)25-17-28-27(29-21-12-8-19(3)9-13-21)30-26(25)33-24-7-5-6-23(16-24)31-4/h5-7,10-11,14-19,21H,8-9,12-13H2,1-4H3,(H,28,29,30)/t19-,21-. The van der Waals surface area contributed by atoms with Gasteiger partial charge in [0, 0.05) is 18.3 Å². The van der Waals surface area contributed by atoms with E-state index in [1.807, 2.05) is 68.6 Å². The molecule has 1 aliphatic rings. The molecule has 0 amide bonds. The molecule has 1 aromatic heterocycles. The first-order valence-corrected chi connectivity index (χ1v) is 11.7. The minimum absolute atomic E-state index is 0.124. The van der Waals surface area contributed by atoms with Crippen molar-refractivity contribution < 1.29 is 14.2 Å². The Bertz CT molecular complexity index is 1040. The summed E-state index contributed by atoms with van der Waals surface area (Å²) < 4.78 is 17.4. The monoisotopic (exact) mass is 447 g/mol. The predicted octanol–water partition coefficient (Wildman–Crippen LogP) is 6.72. The number of methoxy groups -OCH3 is 1. The lowest BCUT2D eigenvalue weighted by Gasteiger charge is -2.27. The summed E-state index contributed by atoms with van der Waals surface area (Å²) in [7, 11) is 1.64. The van der Waals surface area contributed by atoms with Gasteiger partial charge in [-0.15, -0.1) is 0 Å². The third-order valence-corrected chi connectivity index (χ3v) is 5.90. The average Bonchev–Trinajstić information content (AvgIpc) is 2.81. The molecule has 6 nitrogen and oxygen atoms in total. The number of aromatic nitrogens is 2. The summed E-state index contributed by atoms with van der Waals surface area (Å²) in [4.78, 5) is 9.38. The van der Waals surface area contributed by atoms with Gasteiger partial charge in [-0.1, -0.05) is 25.1 Å². The first-order valence-electron chi connectivity index (χ1n) is 11.7. The van der Waals surface area contributed by atoms with Gasteiger partial charge in [0.15, 0.2) is 0 Å². The number of hydrogen-bond acceptors (Lipinski definition) is 6. The van der Waals surface area contributed by atoms with Crippen LogP contribution in [-0.4, -0.2) is 29.2 Å². The Balaban J connectivity index is 1.62. The second kappa shape index (κ2) is 10.6. The lowest BCUT2D eigenvalue weighted by atomic mass is 9.87. The highest BCUT2D eigenvalue weighted by molar-refractivity contribution is 5.69. The Morgan fingerprint density at radius 2 is 1.67 bits per heavy atom. The molecule has 4 rings (SSSR count). The Morgan fingerprint density at radius 3 is 2.36 bits per heavy atom. The smallest absolute Gasteiger partial charge is 0.231 e. The van der Waals surface area contributed by atoms with E-state index < -0.39 is 0 Å². The highest BCUT2D eigenvalue weighted by Gasteiger charge is 2.20. The summed E-state index contributed by atoms with van der Waals surface area (Å²) in [6, 6.07) is 15.8. The summed E-state index contributed by atoms with van der Waals surface area (Å²) in [5.41, 5.74) is 1.78. The van der Waals surface area contributed by atoms with E-state index in [0.717, 1.165) is 41.4 Å². The fraction of sp³-hybridized carbons (Fsp3) is 0.407. The van der Waals surface area contributed by atoms with Crippen molar-refractivity contribution in [3.05, 3.63) is 54.7 Å². The van der Waals surface area contributed by atoms with Crippen molar-refractivity contribution >= 4 is 5.95 Å². The molecule has 2 aromatic carbocycles. The maximum Gasteiger partial charge on any atom is 0.231 e. The second-order valence-electron chi connectivity index (χ2n) is 8.99. The summed E-state index contributed by atoms with van der Waals surface area (Å²) in [6.07, 6.45) is 6.68. The van der Waals surface area contributed by atoms with Crippen LogP contribution in [0.5, 0.6) is 23.1 Å². The third-order valence-electron chi connectivity index (χ3n) is 5.90. The summed E-state index contributed by atoms with van der Waals surface area (Å²) in [5, 5.41) is 3.51. The molecule has 1 heterocycles. The van der Waals surface area contributed by atoms with Gasteiger partial charge in [-0.05, 0) is 75.3 Å². The molecule has 33 heavy (non-hydrogen) atoms. The lowest BCUT2D eigenvalue weighted by Crippen LogP contribution is -2.26. The van der Waals surface area contributed by atoms with Crippen LogP contribution in [0.4, 0.5) is 5.95 Å². The minimum atomic E-state index is 0.124.